The fourth-order valence-electron chi connectivity index (χ4n) is 3.56. The lowest BCUT2D eigenvalue weighted by Crippen LogP contribution is -2.30. The van der Waals surface area contributed by atoms with E-state index < -0.39 is 5.97 Å². The number of hydrogen-bond donors (Lipinski definition) is 2. The van der Waals surface area contributed by atoms with Crippen LogP contribution in [0.15, 0.2) is 65.1 Å². The van der Waals surface area contributed by atoms with Crippen LogP contribution >= 0.6 is 11.8 Å². The number of hydrogen-bond acceptors (Lipinski definition) is 6. The maximum atomic E-state index is 12.6. The monoisotopic (exact) mass is 482 g/mol. The summed E-state index contributed by atoms with van der Waals surface area (Å²) in [6.07, 6.45) is 7.73. The first-order valence-corrected chi connectivity index (χ1v) is 12.3. The van der Waals surface area contributed by atoms with Gasteiger partial charge in [0, 0.05) is 23.2 Å². The third-order valence-corrected chi connectivity index (χ3v) is 6.38. The van der Waals surface area contributed by atoms with Gasteiger partial charge in [0.2, 0.25) is 5.91 Å². The van der Waals surface area contributed by atoms with Crippen molar-refractivity contribution < 1.29 is 23.9 Å². The molecule has 0 fully saturated rings. The van der Waals surface area contributed by atoms with Crippen LogP contribution < -0.4 is 15.4 Å². The Kier molecular flexibility index (Phi) is 10.0. The molecule has 180 valence electrons. The number of carbonyl (C=O) groups is 3. The van der Waals surface area contributed by atoms with E-state index in [1.54, 1.807) is 55.6 Å². The highest BCUT2D eigenvalue weighted by atomic mass is 32.2. The number of methoxy groups -OCH3 is 1. The van der Waals surface area contributed by atoms with Gasteiger partial charge in [0.15, 0.2) is 6.61 Å². The molecule has 8 heteroatoms. The van der Waals surface area contributed by atoms with E-state index >= 15 is 0 Å². The zero-order valence-corrected chi connectivity index (χ0v) is 20.1. The molecule has 0 aliphatic heterocycles. The first-order valence-electron chi connectivity index (χ1n) is 11.3. The fraction of sp³-hybridized carbons (Fsp3) is 0.346. The van der Waals surface area contributed by atoms with Crippen LogP contribution in [0.2, 0.25) is 0 Å². The molecule has 1 aliphatic carbocycles. The number of nitrogens with one attached hydrogen (secondary N) is 2. The van der Waals surface area contributed by atoms with Gasteiger partial charge in [-0.2, -0.15) is 0 Å². The highest BCUT2D eigenvalue weighted by molar-refractivity contribution is 8.00. The second-order valence-electron chi connectivity index (χ2n) is 7.85. The molecule has 0 aromatic heterocycles. The summed E-state index contributed by atoms with van der Waals surface area (Å²) in [4.78, 5) is 37.6. The molecule has 0 saturated heterocycles. The Balaban J connectivity index is 1.44. The van der Waals surface area contributed by atoms with Crippen molar-refractivity contribution in [1.82, 2.24) is 5.32 Å². The van der Waals surface area contributed by atoms with Gasteiger partial charge >= 0.3 is 5.97 Å². The molecule has 1 aliphatic rings. The minimum absolute atomic E-state index is 0.109. The minimum atomic E-state index is -0.596. The van der Waals surface area contributed by atoms with E-state index in [0.717, 1.165) is 19.3 Å². The smallest absolute Gasteiger partial charge is 0.339 e. The van der Waals surface area contributed by atoms with Crippen LogP contribution in [0.3, 0.4) is 0 Å². The van der Waals surface area contributed by atoms with Crippen molar-refractivity contribution in [3.63, 3.8) is 0 Å². The predicted molar refractivity (Wildman–Crippen MR) is 133 cm³/mol. The van der Waals surface area contributed by atoms with Crippen molar-refractivity contribution >= 4 is 35.2 Å². The zero-order valence-electron chi connectivity index (χ0n) is 19.3. The van der Waals surface area contributed by atoms with Crippen molar-refractivity contribution in [2.75, 3.05) is 31.3 Å². The molecule has 0 atom stereocenters. The average molecular weight is 483 g/mol. The summed E-state index contributed by atoms with van der Waals surface area (Å²) < 4.78 is 10.4. The summed E-state index contributed by atoms with van der Waals surface area (Å²) in [7, 11) is 1.56. The third-order valence-electron chi connectivity index (χ3n) is 5.31. The number of carbonyl (C=O) groups excluding carboxylic acids is 3. The number of ether oxygens (including phenoxy) is 2. The van der Waals surface area contributed by atoms with Gasteiger partial charge in [-0.1, -0.05) is 29.8 Å². The molecule has 0 unspecified atom stereocenters. The molecule has 0 spiro atoms. The summed E-state index contributed by atoms with van der Waals surface area (Å²) in [6, 6.07) is 14.0. The molecular weight excluding hydrogens is 452 g/mol. The van der Waals surface area contributed by atoms with Crippen LogP contribution in [0.25, 0.3) is 0 Å². The predicted octanol–water partition coefficient (Wildman–Crippen LogP) is 4.59. The number of amides is 2. The van der Waals surface area contributed by atoms with Gasteiger partial charge in [0.05, 0.1) is 18.4 Å². The zero-order chi connectivity index (χ0) is 24.2. The molecular formula is C26H30N2O5S. The summed E-state index contributed by atoms with van der Waals surface area (Å²) in [5.41, 5.74) is 2.33. The topological polar surface area (TPSA) is 93.7 Å². The molecule has 0 bridgehead atoms. The molecule has 0 saturated carbocycles. The summed E-state index contributed by atoms with van der Waals surface area (Å²) in [5, 5.41) is 5.60. The number of benzene rings is 2. The van der Waals surface area contributed by atoms with Crippen molar-refractivity contribution in [3.05, 3.63) is 65.7 Å². The molecule has 7 nitrogen and oxygen atoms in total. The standard InChI is InChI=1S/C26H30N2O5S/c1-32-21-11-7-10-20(16-21)28-25(30)18-34-23-13-6-5-12-22(23)26(31)33-17-24(29)27-15-14-19-8-3-2-4-9-19/h5-8,10-13,16H,2-4,9,14-15,17-18H2,1H3,(H,27,29)(H,28,30). The molecule has 34 heavy (non-hydrogen) atoms. The van der Waals surface area contributed by atoms with Crippen molar-refractivity contribution in [3.8, 4) is 5.75 Å². The molecule has 0 heterocycles. The van der Waals surface area contributed by atoms with E-state index in [4.69, 9.17) is 9.47 Å². The second kappa shape index (κ2) is 13.4. The molecule has 3 rings (SSSR count). The quantitative estimate of drug-likeness (QED) is 0.276. The van der Waals surface area contributed by atoms with Gasteiger partial charge in [-0.25, -0.2) is 4.79 Å². The number of anilines is 1. The summed E-state index contributed by atoms with van der Waals surface area (Å²) in [6.45, 7) is 0.199. The summed E-state index contributed by atoms with van der Waals surface area (Å²) in [5.74, 6) is -0.380. The van der Waals surface area contributed by atoms with E-state index in [-0.39, 0.29) is 24.2 Å². The Labute approximate surface area is 204 Å². The number of allylic oxidation sites excluding steroid dienone is 1. The highest BCUT2D eigenvalue weighted by Gasteiger charge is 2.16. The van der Waals surface area contributed by atoms with Crippen molar-refractivity contribution in [1.29, 1.82) is 0 Å². The van der Waals surface area contributed by atoms with E-state index in [0.29, 0.717) is 28.4 Å². The van der Waals surface area contributed by atoms with Gasteiger partial charge in [0.1, 0.15) is 5.75 Å². The largest absolute Gasteiger partial charge is 0.497 e. The number of esters is 1. The van der Waals surface area contributed by atoms with Gasteiger partial charge < -0.3 is 20.1 Å². The van der Waals surface area contributed by atoms with Crippen LogP contribution in [0, 0.1) is 0 Å². The Bertz CT molecular complexity index is 1040. The lowest BCUT2D eigenvalue weighted by molar-refractivity contribution is -0.124. The molecule has 2 aromatic rings. The van der Waals surface area contributed by atoms with Crippen LogP contribution in [-0.4, -0.2) is 43.8 Å². The van der Waals surface area contributed by atoms with Crippen molar-refractivity contribution in [2.24, 2.45) is 0 Å². The van der Waals surface area contributed by atoms with Crippen molar-refractivity contribution in [2.45, 2.75) is 37.0 Å². The molecule has 2 amide bonds. The molecule has 2 N–H and O–H groups in total. The Morgan fingerprint density at radius 2 is 1.88 bits per heavy atom. The fourth-order valence-corrected chi connectivity index (χ4v) is 4.40. The average Bonchev–Trinajstić information content (AvgIpc) is 2.87. The molecule has 2 aromatic carbocycles. The highest BCUT2D eigenvalue weighted by Crippen LogP contribution is 2.24. The number of rotatable bonds is 11. The maximum Gasteiger partial charge on any atom is 0.339 e. The SMILES string of the molecule is COc1cccc(NC(=O)CSc2ccccc2C(=O)OCC(=O)NCCC2=CCCCC2)c1. The summed E-state index contributed by atoms with van der Waals surface area (Å²) >= 11 is 1.23. The normalized spacial score (nSPS) is 12.9. The lowest BCUT2D eigenvalue weighted by atomic mass is 9.97. The minimum Gasteiger partial charge on any atom is -0.497 e. The Morgan fingerprint density at radius 3 is 2.68 bits per heavy atom. The van der Waals surface area contributed by atoms with Crippen LogP contribution in [0.5, 0.6) is 5.75 Å². The van der Waals surface area contributed by atoms with E-state index in [1.165, 1.54) is 30.2 Å². The van der Waals surface area contributed by atoms with Gasteiger partial charge in [-0.15, -0.1) is 11.8 Å². The Morgan fingerprint density at radius 1 is 1.03 bits per heavy atom. The van der Waals surface area contributed by atoms with Crippen LogP contribution in [0.4, 0.5) is 5.69 Å². The first kappa shape index (κ1) is 25.4. The van der Waals surface area contributed by atoms with Crippen LogP contribution in [-0.2, 0) is 14.3 Å². The first-order chi connectivity index (χ1) is 16.5. The number of thioether (sulfide) groups is 1. The van der Waals surface area contributed by atoms with Crippen LogP contribution in [0.1, 0.15) is 42.5 Å². The van der Waals surface area contributed by atoms with Gasteiger partial charge in [-0.3, -0.25) is 9.59 Å². The molecule has 0 radical (unpaired) electrons. The van der Waals surface area contributed by atoms with E-state index in [2.05, 4.69) is 16.7 Å². The Hall–Kier alpha value is -3.26. The second-order valence-corrected chi connectivity index (χ2v) is 8.87. The van der Waals surface area contributed by atoms with E-state index in [9.17, 15) is 14.4 Å². The lowest BCUT2D eigenvalue weighted by Gasteiger charge is -2.13. The van der Waals surface area contributed by atoms with Gasteiger partial charge in [0.25, 0.3) is 5.91 Å². The van der Waals surface area contributed by atoms with E-state index in [1.807, 2.05) is 0 Å². The third kappa shape index (κ3) is 8.26. The van der Waals surface area contributed by atoms with Gasteiger partial charge in [-0.05, 0) is 56.4 Å². The maximum absolute atomic E-state index is 12.6.